The summed E-state index contributed by atoms with van der Waals surface area (Å²) < 4.78 is 5.80. The van der Waals surface area contributed by atoms with E-state index in [0.29, 0.717) is 6.42 Å². The Morgan fingerprint density at radius 3 is 2.86 bits per heavy atom. The number of benzene rings is 1. The summed E-state index contributed by atoms with van der Waals surface area (Å²) in [6.45, 7) is 11.4. The minimum absolute atomic E-state index is 0.0807. The number of ketones is 1. The fourth-order valence-electron chi connectivity index (χ4n) is 3.10. The Morgan fingerprint density at radius 2 is 2.18 bits per heavy atom. The molecular weight excluding hydrogens is 274 g/mol. The number of carbonyl (C=O) groups is 1. The van der Waals surface area contributed by atoms with Crippen LogP contribution in [0.25, 0.3) is 0 Å². The lowest BCUT2D eigenvalue weighted by molar-refractivity contribution is 0.0943. The zero-order valence-corrected chi connectivity index (χ0v) is 14.4. The van der Waals surface area contributed by atoms with Crippen LogP contribution in [0.15, 0.2) is 18.2 Å². The molecule has 1 fully saturated rings. The lowest BCUT2D eigenvalue weighted by Gasteiger charge is -2.30. The van der Waals surface area contributed by atoms with Gasteiger partial charge in [-0.05, 0) is 58.2 Å². The largest absolute Gasteiger partial charge is 0.490 e. The van der Waals surface area contributed by atoms with Crippen LogP contribution in [0, 0.1) is 12.8 Å². The number of likely N-dealkylation sites (tertiary alicyclic amines) is 1. The standard InChI is InChI=1S/C19H29NO2/c1-14(2)22-19-8-7-15(3)12-17(19)18(21)9-11-20-10-5-6-16(4)13-20/h7-8,12,14,16H,5-6,9-11,13H2,1-4H3. The third kappa shape index (κ3) is 4.84. The summed E-state index contributed by atoms with van der Waals surface area (Å²) in [6, 6.07) is 5.88. The van der Waals surface area contributed by atoms with Crippen LogP contribution in [0.1, 0.15) is 56.0 Å². The smallest absolute Gasteiger partial charge is 0.167 e. The topological polar surface area (TPSA) is 29.5 Å². The Kier molecular flexibility index (Phi) is 6.01. The van der Waals surface area contributed by atoms with Crippen LogP contribution in [0.3, 0.4) is 0 Å². The van der Waals surface area contributed by atoms with Gasteiger partial charge >= 0.3 is 0 Å². The first-order valence-electron chi connectivity index (χ1n) is 8.48. The highest BCUT2D eigenvalue weighted by Gasteiger charge is 2.19. The lowest BCUT2D eigenvalue weighted by Crippen LogP contribution is -2.35. The molecule has 0 bridgehead atoms. The van der Waals surface area contributed by atoms with Crippen molar-refractivity contribution in [3.63, 3.8) is 0 Å². The van der Waals surface area contributed by atoms with Crippen LogP contribution in [-0.2, 0) is 0 Å². The average Bonchev–Trinajstić information content (AvgIpc) is 2.46. The van der Waals surface area contributed by atoms with Crippen molar-refractivity contribution < 1.29 is 9.53 Å². The van der Waals surface area contributed by atoms with Crippen molar-refractivity contribution in [3.05, 3.63) is 29.3 Å². The van der Waals surface area contributed by atoms with Crippen LogP contribution in [0.5, 0.6) is 5.75 Å². The molecule has 1 aromatic carbocycles. The van der Waals surface area contributed by atoms with E-state index in [2.05, 4.69) is 11.8 Å². The number of aryl methyl sites for hydroxylation is 1. The van der Waals surface area contributed by atoms with E-state index in [1.807, 2.05) is 39.0 Å². The zero-order valence-electron chi connectivity index (χ0n) is 14.4. The molecule has 0 spiro atoms. The number of hydrogen-bond acceptors (Lipinski definition) is 3. The molecule has 0 N–H and O–H groups in total. The number of rotatable bonds is 6. The molecular formula is C19H29NO2. The van der Waals surface area contributed by atoms with Gasteiger partial charge in [0.2, 0.25) is 0 Å². The predicted molar refractivity (Wildman–Crippen MR) is 90.7 cm³/mol. The predicted octanol–water partition coefficient (Wildman–Crippen LogP) is 4.09. The van der Waals surface area contributed by atoms with E-state index in [1.165, 1.54) is 12.8 Å². The third-order valence-corrected chi connectivity index (χ3v) is 4.19. The molecule has 22 heavy (non-hydrogen) atoms. The highest BCUT2D eigenvalue weighted by molar-refractivity contribution is 5.99. The number of hydrogen-bond donors (Lipinski definition) is 0. The van der Waals surface area contributed by atoms with Gasteiger partial charge in [0.25, 0.3) is 0 Å². The van der Waals surface area contributed by atoms with Crippen molar-refractivity contribution in [1.29, 1.82) is 0 Å². The van der Waals surface area contributed by atoms with E-state index >= 15 is 0 Å². The van der Waals surface area contributed by atoms with Crippen molar-refractivity contribution in [2.45, 2.75) is 53.1 Å². The maximum Gasteiger partial charge on any atom is 0.167 e. The van der Waals surface area contributed by atoms with Gasteiger partial charge in [-0.1, -0.05) is 18.6 Å². The zero-order chi connectivity index (χ0) is 16.1. The fraction of sp³-hybridized carbons (Fsp3) is 0.632. The molecule has 0 radical (unpaired) electrons. The molecule has 122 valence electrons. The average molecular weight is 303 g/mol. The molecule has 0 aliphatic carbocycles. The van der Waals surface area contributed by atoms with Gasteiger partial charge in [0.05, 0.1) is 11.7 Å². The van der Waals surface area contributed by atoms with Crippen molar-refractivity contribution in [2.24, 2.45) is 5.92 Å². The second kappa shape index (κ2) is 7.77. The number of ether oxygens (including phenoxy) is 1. The molecule has 1 unspecified atom stereocenters. The van der Waals surface area contributed by atoms with Crippen LogP contribution in [-0.4, -0.2) is 36.4 Å². The van der Waals surface area contributed by atoms with E-state index in [1.54, 1.807) is 0 Å². The van der Waals surface area contributed by atoms with Crippen LogP contribution in [0.4, 0.5) is 0 Å². The van der Waals surface area contributed by atoms with Gasteiger partial charge < -0.3 is 9.64 Å². The van der Waals surface area contributed by atoms with E-state index in [-0.39, 0.29) is 11.9 Å². The third-order valence-electron chi connectivity index (χ3n) is 4.19. The van der Waals surface area contributed by atoms with E-state index in [0.717, 1.165) is 42.4 Å². The first kappa shape index (κ1) is 17.0. The Balaban J connectivity index is 2.00. The molecule has 0 amide bonds. The van der Waals surface area contributed by atoms with E-state index < -0.39 is 0 Å². The summed E-state index contributed by atoms with van der Waals surface area (Å²) in [5, 5.41) is 0. The SMILES string of the molecule is Cc1ccc(OC(C)C)c(C(=O)CCN2CCCC(C)C2)c1. The Morgan fingerprint density at radius 1 is 1.41 bits per heavy atom. The summed E-state index contributed by atoms with van der Waals surface area (Å²) in [5.41, 5.74) is 1.84. The Hall–Kier alpha value is -1.35. The Labute approximate surface area is 134 Å². The molecule has 2 rings (SSSR count). The first-order valence-corrected chi connectivity index (χ1v) is 8.48. The number of piperidine rings is 1. The van der Waals surface area contributed by atoms with Crippen molar-refractivity contribution >= 4 is 5.78 Å². The molecule has 1 heterocycles. The summed E-state index contributed by atoms with van der Waals surface area (Å²) >= 11 is 0. The van der Waals surface area contributed by atoms with E-state index in [9.17, 15) is 4.79 Å². The van der Waals surface area contributed by atoms with Crippen LogP contribution >= 0.6 is 0 Å². The molecule has 3 nitrogen and oxygen atoms in total. The Bertz CT molecular complexity index is 510. The summed E-state index contributed by atoms with van der Waals surface area (Å²) in [4.78, 5) is 15.0. The molecule has 3 heteroatoms. The van der Waals surface area contributed by atoms with E-state index in [4.69, 9.17) is 4.74 Å². The summed E-state index contributed by atoms with van der Waals surface area (Å²) in [6.07, 6.45) is 3.22. The maximum absolute atomic E-state index is 12.6. The van der Waals surface area contributed by atoms with Crippen molar-refractivity contribution in [2.75, 3.05) is 19.6 Å². The van der Waals surface area contributed by atoms with Crippen LogP contribution in [0.2, 0.25) is 0 Å². The number of Topliss-reactive ketones (excluding diaryl/α,β-unsaturated/α-hetero) is 1. The fourth-order valence-corrected chi connectivity index (χ4v) is 3.10. The molecule has 1 atom stereocenters. The van der Waals surface area contributed by atoms with Crippen molar-refractivity contribution in [1.82, 2.24) is 4.90 Å². The monoisotopic (exact) mass is 303 g/mol. The molecule has 0 aromatic heterocycles. The van der Waals surface area contributed by atoms with Gasteiger partial charge in [0, 0.05) is 19.5 Å². The lowest BCUT2D eigenvalue weighted by atomic mass is 9.99. The second-order valence-electron chi connectivity index (χ2n) is 6.89. The minimum Gasteiger partial charge on any atom is -0.490 e. The first-order chi connectivity index (χ1) is 10.5. The molecule has 1 aliphatic rings. The minimum atomic E-state index is 0.0807. The number of nitrogens with zero attached hydrogens (tertiary/aromatic N) is 1. The maximum atomic E-state index is 12.6. The highest BCUT2D eigenvalue weighted by atomic mass is 16.5. The molecule has 1 aliphatic heterocycles. The van der Waals surface area contributed by atoms with Gasteiger partial charge in [-0.3, -0.25) is 4.79 Å². The highest BCUT2D eigenvalue weighted by Crippen LogP contribution is 2.23. The quantitative estimate of drug-likeness (QED) is 0.741. The van der Waals surface area contributed by atoms with Gasteiger partial charge in [-0.25, -0.2) is 0 Å². The van der Waals surface area contributed by atoms with Crippen LogP contribution < -0.4 is 4.74 Å². The van der Waals surface area contributed by atoms with Gasteiger partial charge in [-0.2, -0.15) is 0 Å². The second-order valence-corrected chi connectivity index (χ2v) is 6.89. The molecule has 1 aromatic rings. The molecule has 1 saturated heterocycles. The van der Waals surface area contributed by atoms with Gasteiger partial charge in [0.15, 0.2) is 5.78 Å². The van der Waals surface area contributed by atoms with Crippen molar-refractivity contribution in [3.8, 4) is 5.75 Å². The normalized spacial score (nSPS) is 19.4. The molecule has 0 saturated carbocycles. The van der Waals surface area contributed by atoms with Gasteiger partial charge in [-0.15, -0.1) is 0 Å². The van der Waals surface area contributed by atoms with Gasteiger partial charge in [0.1, 0.15) is 5.75 Å². The summed E-state index contributed by atoms with van der Waals surface area (Å²) in [7, 11) is 0. The number of carbonyl (C=O) groups excluding carboxylic acids is 1. The summed E-state index contributed by atoms with van der Waals surface area (Å²) in [5.74, 6) is 1.66.